The van der Waals surface area contributed by atoms with E-state index < -0.39 is 134 Å². The molecule has 1 saturated heterocycles. The molecular weight excluding hydrogens is 696 g/mol. The predicted octanol–water partition coefficient (Wildman–Crippen LogP) is 1.76. The number of epoxide rings is 1. The summed E-state index contributed by atoms with van der Waals surface area (Å²) < 4.78 is 16.5. The molecule has 1 saturated carbocycles. The van der Waals surface area contributed by atoms with Crippen LogP contribution in [0.5, 0.6) is 11.5 Å². The van der Waals surface area contributed by atoms with Crippen molar-refractivity contribution in [2.45, 2.75) is 95.1 Å². The van der Waals surface area contributed by atoms with Gasteiger partial charge in [0.1, 0.15) is 29.8 Å². The van der Waals surface area contributed by atoms with Gasteiger partial charge in [0, 0.05) is 60.1 Å². The Morgan fingerprint density at radius 3 is 1.92 bits per heavy atom. The van der Waals surface area contributed by atoms with E-state index in [4.69, 9.17) is 14.2 Å². The number of phenols is 2. The van der Waals surface area contributed by atoms with Gasteiger partial charge in [-0.25, -0.2) is 0 Å². The Kier molecular flexibility index (Phi) is 7.67. The smallest absolute Gasteiger partial charge is 0.302 e. The van der Waals surface area contributed by atoms with Gasteiger partial charge in [-0.3, -0.25) is 33.6 Å². The van der Waals surface area contributed by atoms with Crippen molar-refractivity contribution >= 4 is 40.9 Å². The number of rotatable bonds is 5. The van der Waals surface area contributed by atoms with Gasteiger partial charge in [-0.15, -0.1) is 0 Å². The van der Waals surface area contributed by atoms with Crippen LogP contribution in [-0.2, 0) is 33.4 Å². The van der Waals surface area contributed by atoms with Gasteiger partial charge in [0.15, 0.2) is 34.3 Å². The van der Waals surface area contributed by atoms with Crippen LogP contribution >= 0.6 is 0 Å². The number of allylic oxidation sites excluding steroid dienone is 1. The number of ether oxygens (including phenoxy) is 3. The molecule has 5 N–H and O–H groups in total. The second kappa shape index (κ2) is 11.2. The van der Waals surface area contributed by atoms with Crippen molar-refractivity contribution < 1.29 is 73.3 Å². The molecule has 15 heteroatoms. The maximum atomic E-state index is 14.3. The molecule has 9 atom stereocenters. The Morgan fingerprint density at radius 1 is 0.774 bits per heavy atom. The fourth-order valence-electron chi connectivity index (χ4n) is 9.64. The summed E-state index contributed by atoms with van der Waals surface area (Å²) >= 11 is 0. The zero-order valence-electron chi connectivity index (χ0n) is 29.4. The van der Waals surface area contributed by atoms with Crippen molar-refractivity contribution in [3.05, 3.63) is 57.7 Å². The number of hydrogen-bond donors (Lipinski definition) is 5. The number of carbonyl (C=O) groups is 7. The van der Waals surface area contributed by atoms with Crippen molar-refractivity contribution in [1.29, 1.82) is 0 Å². The summed E-state index contributed by atoms with van der Waals surface area (Å²) in [6, 6.07) is 4.74. The molecule has 53 heavy (non-hydrogen) atoms. The molecule has 278 valence electrons. The van der Waals surface area contributed by atoms with E-state index in [-0.39, 0.29) is 27.8 Å². The maximum Gasteiger partial charge on any atom is 0.302 e. The van der Waals surface area contributed by atoms with E-state index in [0.29, 0.717) is 0 Å². The van der Waals surface area contributed by atoms with Crippen LogP contribution in [0.15, 0.2) is 35.4 Å². The lowest BCUT2D eigenvalue weighted by Crippen LogP contribution is -2.65. The number of hydrogen-bond acceptors (Lipinski definition) is 15. The summed E-state index contributed by atoms with van der Waals surface area (Å²) in [4.78, 5) is 93.0. The number of carbonyl (C=O) groups excluding carboxylic acids is 7. The largest absolute Gasteiger partial charge is 0.507 e. The molecule has 15 nitrogen and oxygen atoms in total. The van der Waals surface area contributed by atoms with E-state index in [2.05, 4.69) is 0 Å². The van der Waals surface area contributed by atoms with Crippen LogP contribution in [0.2, 0.25) is 0 Å². The quantitative estimate of drug-likeness (QED) is 0.167. The minimum atomic E-state index is -2.26. The van der Waals surface area contributed by atoms with E-state index in [1.807, 2.05) is 0 Å². The number of fused-ring (bicyclic) bond motifs is 2. The lowest BCUT2D eigenvalue weighted by Gasteiger charge is -2.46. The van der Waals surface area contributed by atoms with Crippen LogP contribution in [0.3, 0.4) is 0 Å². The third-order valence-corrected chi connectivity index (χ3v) is 11.4. The Hall–Kier alpha value is -5.09. The number of ketones is 5. The molecule has 1 aliphatic heterocycles. The van der Waals surface area contributed by atoms with Crippen LogP contribution in [0.25, 0.3) is 11.1 Å². The average molecular weight is 733 g/mol. The molecule has 7 rings (SSSR count). The first-order valence-electron chi connectivity index (χ1n) is 16.9. The Bertz CT molecular complexity index is 2170. The number of phenolic OH excluding ortho intramolecular Hbond substituents is 2. The van der Waals surface area contributed by atoms with Crippen molar-refractivity contribution in [2.75, 3.05) is 0 Å². The first-order chi connectivity index (χ1) is 24.6. The van der Waals surface area contributed by atoms with Crippen molar-refractivity contribution in [1.82, 2.24) is 0 Å². The topological polar surface area (TPSA) is 252 Å². The maximum absolute atomic E-state index is 14.3. The fraction of sp³-hybridized carbons (Fsp3) is 0.447. The van der Waals surface area contributed by atoms with Gasteiger partial charge in [0.25, 0.3) is 0 Å². The second-order valence-electron chi connectivity index (χ2n) is 15.1. The van der Waals surface area contributed by atoms with Gasteiger partial charge >= 0.3 is 11.9 Å². The highest BCUT2D eigenvalue weighted by Crippen LogP contribution is 2.71. The molecule has 2 aromatic carbocycles. The van der Waals surface area contributed by atoms with Gasteiger partial charge in [0.2, 0.25) is 5.78 Å². The summed E-state index contributed by atoms with van der Waals surface area (Å²) in [6.07, 6.45) is -5.49. The van der Waals surface area contributed by atoms with Gasteiger partial charge < -0.3 is 39.7 Å². The molecule has 5 aliphatic rings. The highest BCUT2D eigenvalue weighted by molar-refractivity contribution is 6.38. The molecular formula is C38H36O15. The van der Waals surface area contributed by atoms with E-state index in [1.165, 1.54) is 45.9 Å². The Morgan fingerprint density at radius 2 is 1.32 bits per heavy atom. The molecule has 2 fully saturated rings. The number of aromatic hydroxyl groups is 2. The molecule has 0 bridgehead atoms. The van der Waals surface area contributed by atoms with E-state index in [1.54, 1.807) is 0 Å². The van der Waals surface area contributed by atoms with E-state index in [9.17, 15) is 59.1 Å². The van der Waals surface area contributed by atoms with Crippen molar-refractivity contribution in [2.24, 2.45) is 11.8 Å². The van der Waals surface area contributed by atoms with Crippen LogP contribution in [-0.4, -0.2) is 101 Å². The highest BCUT2D eigenvalue weighted by Gasteiger charge is 2.90. The lowest BCUT2D eigenvalue weighted by atomic mass is 9.56. The van der Waals surface area contributed by atoms with Crippen LogP contribution < -0.4 is 0 Å². The summed E-state index contributed by atoms with van der Waals surface area (Å²) in [5, 5.41) is 57.7. The monoisotopic (exact) mass is 732 g/mol. The zero-order valence-corrected chi connectivity index (χ0v) is 29.4. The summed E-state index contributed by atoms with van der Waals surface area (Å²) in [5.41, 5.74) is -11.3. The molecule has 0 aromatic heterocycles. The third-order valence-electron chi connectivity index (χ3n) is 11.4. The number of Topliss-reactive ketones (excluding diaryl/α,β-unsaturated/α-hetero) is 5. The normalized spacial score (nSPS) is 33.9. The van der Waals surface area contributed by atoms with Gasteiger partial charge in [-0.1, -0.05) is 6.07 Å². The summed E-state index contributed by atoms with van der Waals surface area (Å²) in [6.45, 7) is 7.65. The second-order valence-corrected chi connectivity index (χ2v) is 15.1. The van der Waals surface area contributed by atoms with E-state index >= 15 is 0 Å². The zero-order chi connectivity index (χ0) is 39.1. The molecule has 0 unspecified atom stereocenters. The van der Waals surface area contributed by atoms with Gasteiger partial charge in [-0.05, 0) is 45.9 Å². The number of esters is 2. The minimum Gasteiger partial charge on any atom is -0.507 e. The van der Waals surface area contributed by atoms with Crippen LogP contribution in [0.4, 0.5) is 0 Å². The molecule has 0 radical (unpaired) electrons. The molecule has 4 aliphatic carbocycles. The van der Waals surface area contributed by atoms with Crippen LogP contribution in [0, 0.1) is 11.8 Å². The summed E-state index contributed by atoms with van der Waals surface area (Å²) in [7, 11) is 0. The molecule has 2 aromatic rings. The molecule has 1 heterocycles. The number of benzene rings is 2. The lowest BCUT2D eigenvalue weighted by molar-refractivity contribution is -0.162. The summed E-state index contributed by atoms with van der Waals surface area (Å²) in [5.74, 6) is -10.2. The average Bonchev–Trinajstić information content (AvgIpc) is 3.73. The predicted molar refractivity (Wildman–Crippen MR) is 177 cm³/mol. The molecule has 0 amide bonds. The Labute approximate surface area is 301 Å². The highest BCUT2D eigenvalue weighted by atomic mass is 16.7. The van der Waals surface area contributed by atoms with Gasteiger partial charge in [-0.2, -0.15) is 0 Å². The Balaban J connectivity index is 1.35. The minimum absolute atomic E-state index is 0.236. The SMILES string of the molecule is CC(=O)O[C@H](C)[C@@H]1C2=C(C(=O)C[C@]1(C)O)C(=O)c1c(ccc(-c3ccc4c(c3O)[C@@H](O)[C@@]35O[C@]3(C4=O)[C@@H]([C@@H](C)OC(C)=O)[C@@](C)(O)CC5=O)c1O)C2=O. The number of aliphatic hydroxyl groups is 3. The first-order valence-corrected chi connectivity index (χ1v) is 16.9. The fourth-order valence-corrected chi connectivity index (χ4v) is 9.64. The third kappa shape index (κ3) is 4.57. The molecule has 0 spiro atoms. The van der Waals surface area contributed by atoms with Crippen LogP contribution in [0.1, 0.15) is 97.1 Å². The first kappa shape index (κ1) is 36.3. The van der Waals surface area contributed by atoms with Crippen molar-refractivity contribution in [3.8, 4) is 22.6 Å². The van der Waals surface area contributed by atoms with Crippen molar-refractivity contribution in [3.63, 3.8) is 0 Å². The van der Waals surface area contributed by atoms with Gasteiger partial charge in [0.05, 0.1) is 34.2 Å². The standard InChI is InChI=1S/C38H36O15/c1-13(51-15(3)39)27-26-25(21(41)11-35(27,5)49)31(46)23-19(30(26)45)9-7-17(28(23)43)18-8-10-20-24(29(18)44)34(48)37-22(42)12-36(6,50)32(14(2)52-16(4)40)38(37,53-37)33(20)47/h7-10,13-14,27,32,34,43-44,48-50H,11-12H2,1-6H3/t13-,14-,27-,32+,34-,35+,36+,37-,38+/m1/s1. The van der Waals surface area contributed by atoms with E-state index in [0.717, 1.165) is 19.9 Å². The number of aliphatic hydroxyl groups excluding tert-OH is 1.